The number of benzene rings is 2. The molecule has 3 rings (SSSR count). The van der Waals surface area contributed by atoms with Gasteiger partial charge in [0.1, 0.15) is 18.2 Å². The quantitative estimate of drug-likeness (QED) is 0.755. The minimum atomic E-state index is -0.616. The van der Waals surface area contributed by atoms with E-state index in [1.165, 1.54) is 24.3 Å². The van der Waals surface area contributed by atoms with Gasteiger partial charge in [-0.25, -0.2) is 9.18 Å². The van der Waals surface area contributed by atoms with E-state index < -0.39 is 24.3 Å². The Morgan fingerprint density at radius 2 is 1.85 bits per heavy atom. The molecule has 1 saturated heterocycles. The lowest BCUT2D eigenvalue weighted by Gasteiger charge is -2.11. The number of halogens is 1. The lowest BCUT2D eigenvalue weighted by atomic mass is 10.2. The summed E-state index contributed by atoms with van der Waals surface area (Å²) in [5, 5.41) is 2.51. The fraction of sp³-hybridized carbons (Fsp3) is 0.300. The Morgan fingerprint density at radius 1 is 1.11 bits per heavy atom. The molecular formula is C20H20FNO5. The highest BCUT2D eigenvalue weighted by Crippen LogP contribution is 2.17. The van der Waals surface area contributed by atoms with Crippen LogP contribution in [0.3, 0.4) is 0 Å². The zero-order chi connectivity index (χ0) is 19.1. The van der Waals surface area contributed by atoms with Gasteiger partial charge in [0.15, 0.2) is 6.61 Å². The highest BCUT2D eigenvalue weighted by atomic mass is 19.1. The van der Waals surface area contributed by atoms with Gasteiger partial charge in [0, 0.05) is 12.3 Å². The molecule has 27 heavy (non-hydrogen) atoms. The third kappa shape index (κ3) is 5.79. The fourth-order valence-electron chi connectivity index (χ4n) is 2.60. The largest absolute Gasteiger partial charge is 0.491 e. The molecule has 1 aliphatic heterocycles. The number of carbonyl (C=O) groups excluding carboxylic acids is 2. The molecule has 1 heterocycles. The summed E-state index contributed by atoms with van der Waals surface area (Å²) in [6.45, 7) is 0.814. The van der Waals surface area contributed by atoms with Gasteiger partial charge in [-0.05, 0) is 61.4 Å². The summed E-state index contributed by atoms with van der Waals surface area (Å²) in [5.74, 6) is -0.889. The fourth-order valence-corrected chi connectivity index (χ4v) is 2.60. The summed E-state index contributed by atoms with van der Waals surface area (Å²) in [7, 11) is 0. The molecule has 2 aromatic rings. The predicted molar refractivity (Wildman–Crippen MR) is 96.2 cm³/mol. The van der Waals surface area contributed by atoms with E-state index in [9.17, 15) is 14.0 Å². The molecule has 0 spiro atoms. The van der Waals surface area contributed by atoms with Crippen molar-refractivity contribution >= 4 is 17.6 Å². The van der Waals surface area contributed by atoms with Gasteiger partial charge in [-0.1, -0.05) is 0 Å². The number of rotatable bonds is 7. The highest BCUT2D eigenvalue weighted by molar-refractivity contribution is 5.95. The second-order valence-corrected chi connectivity index (χ2v) is 6.10. The van der Waals surface area contributed by atoms with Gasteiger partial charge in [0.05, 0.1) is 11.7 Å². The van der Waals surface area contributed by atoms with Gasteiger partial charge in [0.2, 0.25) is 0 Å². The Kier molecular flexibility index (Phi) is 6.38. The first-order chi connectivity index (χ1) is 13.1. The summed E-state index contributed by atoms with van der Waals surface area (Å²) >= 11 is 0. The number of anilines is 1. The lowest BCUT2D eigenvalue weighted by molar-refractivity contribution is -0.119. The number of amides is 1. The molecule has 0 saturated carbocycles. The highest BCUT2D eigenvalue weighted by Gasteiger charge is 2.16. The normalized spacial score (nSPS) is 16.0. The van der Waals surface area contributed by atoms with Crippen molar-refractivity contribution in [2.45, 2.75) is 18.9 Å². The maximum Gasteiger partial charge on any atom is 0.338 e. The molecule has 1 amide bonds. The second kappa shape index (κ2) is 9.14. The molecule has 7 heteroatoms. The molecule has 0 aliphatic carbocycles. The van der Waals surface area contributed by atoms with E-state index >= 15 is 0 Å². The number of esters is 1. The van der Waals surface area contributed by atoms with Crippen LogP contribution < -0.4 is 10.1 Å². The van der Waals surface area contributed by atoms with Gasteiger partial charge in [-0.3, -0.25) is 4.79 Å². The van der Waals surface area contributed by atoms with E-state index in [0.29, 0.717) is 23.6 Å². The van der Waals surface area contributed by atoms with Crippen LogP contribution in [0.15, 0.2) is 48.5 Å². The average molecular weight is 373 g/mol. The first-order valence-electron chi connectivity index (χ1n) is 8.67. The second-order valence-electron chi connectivity index (χ2n) is 6.10. The average Bonchev–Trinajstić information content (AvgIpc) is 3.20. The van der Waals surface area contributed by atoms with Gasteiger partial charge in [0.25, 0.3) is 5.91 Å². The van der Waals surface area contributed by atoms with Gasteiger partial charge < -0.3 is 19.5 Å². The molecule has 0 radical (unpaired) electrons. The Bertz CT molecular complexity index is 770. The molecule has 1 N–H and O–H groups in total. The van der Waals surface area contributed by atoms with Crippen molar-refractivity contribution in [3.63, 3.8) is 0 Å². The number of hydrogen-bond acceptors (Lipinski definition) is 5. The van der Waals surface area contributed by atoms with E-state index in [1.807, 2.05) is 0 Å². The van der Waals surface area contributed by atoms with Crippen LogP contribution in [0.5, 0.6) is 5.75 Å². The van der Waals surface area contributed by atoms with E-state index in [2.05, 4.69) is 5.32 Å². The van der Waals surface area contributed by atoms with Crippen LogP contribution in [0.4, 0.5) is 10.1 Å². The van der Waals surface area contributed by atoms with Crippen molar-refractivity contribution in [3.05, 3.63) is 59.9 Å². The van der Waals surface area contributed by atoms with E-state index in [4.69, 9.17) is 14.2 Å². The maximum atomic E-state index is 12.8. The van der Waals surface area contributed by atoms with Crippen LogP contribution in [0.2, 0.25) is 0 Å². The number of nitrogens with one attached hydrogen (secondary N) is 1. The Hall–Kier alpha value is -2.93. The van der Waals surface area contributed by atoms with Crippen LogP contribution in [-0.4, -0.2) is 37.8 Å². The Morgan fingerprint density at radius 3 is 2.52 bits per heavy atom. The summed E-state index contributed by atoms with van der Waals surface area (Å²) in [6.07, 6.45) is 2.16. The van der Waals surface area contributed by atoms with E-state index in [1.54, 1.807) is 24.3 Å². The molecule has 1 fully saturated rings. The molecule has 6 nitrogen and oxygen atoms in total. The number of carbonyl (C=O) groups is 2. The van der Waals surface area contributed by atoms with Crippen molar-refractivity contribution in [1.29, 1.82) is 0 Å². The van der Waals surface area contributed by atoms with Crippen LogP contribution >= 0.6 is 0 Å². The van der Waals surface area contributed by atoms with E-state index in [-0.39, 0.29) is 6.10 Å². The van der Waals surface area contributed by atoms with Crippen molar-refractivity contribution in [2.75, 3.05) is 25.1 Å². The van der Waals surface area contributed by atoms with Crippen LogP contribution in [0.1, 0.15) is 23.2 Å². The minimum absolute atomic E-state index is 0.120. The zero-order valence-electron chi connectivity index (χ0n) is 14.7. The molecule has 0 aromatic heterocycles. The molecule has 1 aliphatic rings. The number of hydrogen-bond donors (Lipinski definition) is 1. The Balaban J connectivity index is 1.43. The van der Waals surface area contributed by atoms with Crippen molar-refractivity contribution in [3.8, 4) is 5.75 Å². The zero-order valence-corrected chi connectivity index (χ0v) is 14.7. The Labute approximate surface area is 156 Å². The standard InChI is InChI=1S/C20H20FNO5/c21-15-5-7-16(8-6-15)22-19(23)13-27-20(24)14-3-9-17(10-4-14)26-12-18-2-1-11-25-18/h3-10,18H,1-2,11-13H2,(H,22,23)/t18-/m1/s1. The first kappa shape index (κ1) is 18.8. The van der Waals surface area contributed by atoms with E-state index in [0.717, 1.165) is 19.4 Å². The molecule has 0 bridgehead atoms. The summed E-state index contributed by atoms with van der Waals surface area (Å²) < 4.78 is 28.9. The molecule has 142 valence electrons. The van der Waals surface area contributed by atoms with Gasteiger partial charge >= 0.3 is 5.97 Å². The van der Waals surface area contributed by atoms with Crippen LogP contribution in [0.25, 0.3) is 0 Å². The van der Waals surface area contributed by atoms with Gasteiger partial charge in [-0.2, -0.15) is 0 Å². The summed E-state index contributed by atoms with van der Waals surface area (Å²) in [5.41, 5.74) is 0.735. The van der Waals surface area contributed by atoms with Crippen molar-refractivity contribution in [1.82, 2.24) is 0 Å². The van der Waals surface area contributed by atoms with Crippen LogP contribution in [-0.2, 0) is 14.3 Å². The third-order valence-electron chi connectivity index (χ3n) is 4.01. The summed E-state index contributed by atoms with van der Waals surface area (Å²) in [4.78, 5) is 23.8. The third-order valence-corrected chi connectivity index (χ3v) is 4.01. The molecule has 0 unspecified atom stereocenters. The van der Waals surface area contributed by atoms with Crippen molar-refractivity contribution in [2.24, 2.45) is 0 Å². The van der Waals surface area contributed by atoms with Crippen molar-refractivity contribution < 1.29 is 28.2 Å². The van der Waals surface area contributed by atoms with Gasteiger partial charge in [-0.15, -0.1) is 0 Å². The predicted octanol–water partition coefficient (Wildman–Crippen LogP) is 3.18. The monoisotopic (exact) mass is 373 g/mol. The molecular weight excluding hydrogens is 353 g/mol. The van der Waals surface area contributed by atoms with Crippen LogP contribution in [0, 0.1) is 5.82 Å². The first-order valence-corrected chi connectivity index (χ1v) is 8.67. The minimum Gasteiger partial charge on any atom is -0.491 e. The lowest BCUT2D eigenvalue weighted by Crippen LogP contribution is -2.21. The summed E-state index contributed by atoms with van der Waals surface area (Å²) in [6, 6.07) is 11.8. The maximum absolute atomic E-state index is 12.8. The topological polar surface area (TPSA) is 73.9 Å². The molecule has 2 aromatic carbocycles. The SMILES string of the molecule is O=C(COC(=O)c1ccc(OC[C@H]2CCCO2)cc1)Nc1ccc(F)cc1. The molecule has 1 atom stereocenters. The number of ether oxygens (including phenoxy) is 3. The smallest absolute Gasteiger partial charge is 0.338 e.